The minimum atomic E-state index is -1.11. The van der Waals surface area contributed by atoms with E-state index in [1.54, 1.807) is 0 Å². The van der Waals surface area contributed by atoms with Gasteiger partial charge >= 0.3 is 0 Å². The van der Waals surface area contributed by atoms with Crippen LogP contribution in [0, 0.1) is 17.5 Å². The number of aromatic nitrogens is 3. The predicted octanol–water partition coefficient (Wildman–Crippen LogP) is 3.29. The molecule has 0 spiro atoms. The maximum Gasteiger partial charge on any atom is 0.202 e. The Kier molecular flexibility index (Phi) is 5.37. The fraction of sp³-hybridized carbons (Fsp3) is 0.435. The van der Waals surface area contributed by atoms with Gasteiger partial charge in [-0.2, -0.15) is 4.39 Å². The van der Waals surface area contributed by atoms with Crippen LogP contribution in [0.15, 0.2) is 24.5 Å². The normalized spacial score (nSPS) is 23.7. The van der Waals surface area contributed by atoms with Crippen molar-refractivity contribution >= 4 is 28.4 Å². The molecule has 1 aromatic carbocycles. The van der Waals surface area contributed by atoms with Crippen molar-refractivity contribution in [2.24, 2.45) is 0 Å². The van der Waals surface area contributed by atoms with E-state index in [1.165, 1.54) is 24.5 Å². The average molecular weight is 472 g/mol. The summed E-state index contributed by atoms with van der Waals surface area (Å²) < 4.78 is 55.3. The molecule has 3 aliphatic heterocycles. The number of pyridine rings is 1. The molecule has 0 aliphatic carbocycles. The molecule has 5 heterocycles. The van der Waals surface area contributed by atoms with Gasteiger partial charge in [-0.3, -0.25) is 0 Å². The van der Waals surface area contributed by atoms with E-state index < -0.39 is 17.5 Å². The van der Waals surface area contributed by atoms with Crippen LogP contribution in [0.4, 0.5) is 30.5 Å². The lowest BCUT2D eigenvalue weighted by molar-refractivity contribution is 0.0663. The minimum absolute atomic E-state index is 0.116. The Morgan fingerprint density at radius 1 is 1.21 bits per heavy atom. The first-order valence-corrected chi connectivity index (χ1v) is 11.4. The molecule has 0 unspecified atom stereocenters. The van der Waals surface area contributed by atoms with Gasteiger partial charge in [0.25, 0.3) is 0 Å². The summed E-state index contributed by atoms with van der Waals surface area (Å²) in [6, 6.07) is 4.49. The molecule has 178 valence electrons. The summed E-state index contributed by atoms with van der Waals surface area (Å²) >= 11 is 0. The Labute approximate surface area is 193 Å². The number of hydrogen-bond donors (Lipinski definition) is 2. The fourth-order valence-electron chi connectivity index (χ4n) is 4.89. The first-order valence-electron chi connectivity index (χ1n) is 11.4. The predicted molar refractivity (Wildman–Crippen MR) is 119 cm³/mol. The number of anilines is 3. The lowest BCUT2D eigenvalue weighted by Gasteiger charge is -2.28. The molecule has 3 atom stereocenters. The van der Waals surface area contributed by atoms with Crippen LogP contribution < -0.4 is 20.3 Å². The van der Waals surface area contributed by atoms with Gasteiger partial charge in [-0.1, -0.05) is 0 Å². The molecule has 3 saturated heterocycles. The smallest absolute Gasteiger partial charge is 0.202 e. The average Bonchev–Trinajstić information content (AvgIpc) is 3.60. The van der Waals surface area contributed by atoms with Crippen LogP contribution in [-0.2, 0) is 4.74 Å². The number of piperazine rings is 1. The van der Waals surface area contributed by atoms with Crippen molar-refractivity contribution in [2.45, 2.75) is 37.5 Å². The summed E-state index contributed by atoms with van der Waals surface area (Å²) in [5, 5.41) is 6.16. The Hall–Kier alpha value is -3.18. The molecular formula is C23H23F3N6O2. The van der Waals surface area contributed by atoms with E-state index in [2.05, 4.69) is 25.6 Å². The fourth-order valence-corrected chi connectivity index (χ4v) is 4.89. The maximum atomic E-state index is 14.9. The van der Waals surface area contributed by atoms with Crippen molar-refractivity contribution in [1.29, 1.82) is 0 Å². The molecule has 3 aliphatic rings. The second kappa shape index (κ2) is 8.55. The molecule has 2 N–H and O–H groups in total. The molecule has 0 radical (unpaired) electrons. The van der Waals surface area contributed by atoms with Crippen LogP contribution >= 0.6 is 0 Å². The second-order valence-electron chi connectivity index (χ2n) is 8.84. The summed E-state index contributed by atoms with van der Waals surface area (Å²) in [7, 11) is 0. The van der Waals surface area contributed by atoms with Gasteiger partial charge in [0.1, 0.15) is 18.5 Å². The van der Waals surface area contributed by atoms with Crippen molar-refractivity contribution in [3.8, 4) is 5.75 Å². The van der Waals surface area contributed by atoms with Gasteiger partial charge in [0.2, 0.25) is 5.82 Å². The van der Waals surface area contributed by atoms with Gasteiger partial charge in [0.15, 0.2) is 29.0 Å². The Morgan fingerprint density at radius 3 is 2.88 bits per heavy atom. The number of nitrogens with one attached hydrogen (secondary N) is 2. The van der Waals surface area contributed by atoms with E-state index in [1.807, 2.05) is 4.90 Å². The van der Waals surface area contributed by atoms with E-state index in [0.29, 0.717) is 19.2 Å². The maximum absolute atomic E-state index is 14.9. The van der Waals surface area contributed by atoms with Crippen molar-refractivity contribution in [1.82, 2.24) is 20.3 Å². The SMILES string of the molecule is Fc1cc2ncnc(Nc3ccc(OC[C@@H]4CCCO4)c(F)c3F)c2nc1N1C[C@@H]2C[C@H]1CN2. The van der Waals surface area contributed by atoms with Gasteiger partial charge in [-0.05, 0) is 31.4 Å². The zero-order valence-corrected chi connectivity index (χ0v) is 18.2. The number of halogens is 3. The largest absolute Gasteiger partial charge is 0.488 e. The zero-order chi connectivity index (χ0) is 23.2. The van der Waals surface area contributed by atoms with Crippen molar-refractivity contribution in [2.75, 3.05) is 36.5 Å². The van der Waals surface area contributed by atoms with Crippen LogP contribution in [0.5, 0.6) is 5.75 Å². The summed E-state index contributed by atoms with van der Waals surface area (Å²) in [6.45, 7) is 2.23. The lowest BCUT2D eigenvalue weighted by atomic mass is 10.2. The zero-order valence-electron chi connectivity index (χ0n) is 18.2. The molecule has 11 heteroatoms. The van der Waals surface area contributed by atoms with Crippen LogP contribution in [-0.4, -0.2) is 59.4 Å². The molecule has 3 aromatic rings. The molecular weight excluding hydrogens is 449 g/mol. The number of fused-ring (bicyclic) bond motifs is 3. The Morgan fingerprint density at radius 2 is 2.12 bits per heavy atom. The number of ether oxygens (including phenoxy) is 2. The van der Waals surface area contributed by atoms with E-state index in [-0.39, 0.29) is 52.9 Å². The highest BCUT2D eigenvalue weighted by atomic mass is 19.2. The molecule has 6 rings (SSSR count). The monoisotopic (exact) mass is 472 g/mol. The quantitative estimate of drug-likeness (QED) is 0.566. The topological polar surface area (TPSA) is 84.4 Å². The third kappa shape index (κ3) is 3.78. The summed E-state index contributed by atoms with van der Waals surface area (Å²) in [5.41, 5.74) is 0.394. The Balaban J connectivity index is 1.28. The third-order valence-corrected chi connectivity index (χ3v) is 6.62. The highest BCUT2D eigenvalue weighted by molar-refractivity contribution is 5.88. The molecule has 3 fully saturated rings. The van der Waals surface area contributed by atoms with Gasteiger partial charge in [-0.15, -0.1) is 0 Å². The molecule has 0 saturated carbocycles. The molecule has 2 bridgehead atoms. The molecule has 2 aromatic heterocycles. The highest BCUT2D eigenvalue weighted by Gasteiger charge is 2.39. The summed E-state index contributed by atoms with van der Waals surface area (Å²) in [6.07, 6.45) is 3.79. The third-order valence-electron chi connectivity index (χ3n) is 6.62. The molecule has 8 nitrogen and oxygen atoms in total. The van der Waals surface area contributed by atoms with Gasteiger partial charge in [-0.25, -0.2) is 23.7 Å². The molecule has 0 amide bonds. The number of benzene rings is 1. The lowest BCUT2D eigenvalue weighted by Crippen LogP contribution is -2.44. The van der Waals surface area contributed by atoms with Crippen LogP contribution in [0.25, 0.3) is 11.0 Å². The Bertz CT molecular complexity index is 1240. The van der Waals surface area contributed by atoms with Gasteiger partial charge in [0.05, 0.1) is 17.3 Å². The summed E-state index contributed by atoms with van der Waals surface area (Å²) in [5.74, 6) is -2.52. The van der Waals surface area contributed by atoms with Crippen LogP contribution in [0.1, 0.15) is 19.3 Å². The first-order chi connectivity index (χ1) is 16.6. The highest BCUT2D eigenvalue weighted by Crippen LogP contribution is 2.34. The van der Waals surface area contributed by atoms with E-state index in [0.717, 1.165) is 25.8 Å². The number of hydrogen-bond acceptors (Lipinski definition) is 8. The van der Waals surface area contributed by atoms with E-state index in [4.69, 9.17) is 9.47 Å². The first kappa shape index (κ1) is 21.4. The van der Waals surface area contributed by atoms with Gasteiger partial charge < -0.3 is 25.0 Å². The van der Waals surface area contributed by atoms with E-state index in [9.17, 15) is 13.2 Å². The number of nitrogens with zero attached hydrogens (tertiary/aromatic N) is 4. The van der Waals surface area contributed by atoms with Crippen molar-refractivity contribution < 1.29 is 22.6 Å². The summed E-state index contributed by atoms with van der Waals surface area (Å²) in [4.78, 5) is 14.7. The molecule has 34 heavy (non-hydrogen) atoms. The van der Waals surface area contributed by atoms with Crippen molar-refractivity contribution in [3.05, 3.63) is 42.0 Å². The standard InChI is InChI=1S/C23H23F3N6O2/c24-15-7-17-21(31-23(15)32-9-12-6-13(32)8-27-12)22(29-11-28-17)30-16-3-4-18(20(26)19(16)25)34-10-14-2-1-5-33-14/h3-4,7,11-14,27H,1-2,5-6,8-10H2,(H,28,29,30)/t12-,13-,14-/m0/s1. The van der Waals surface area contributed by atoms with Crippen molar-refractivity contribution in [3.63, 3.8) is 0 Å². The van der Waals surface area contributed by atoms with Crippen LogP contribution in [0.2, 0.25) is 0 Å². The van der Waals surface area contributed by atoms with E-state index >= 15 is 0 Å². The minimum Gasteiger partial charge on any atom is -0.488 e. The number of rotatable bonds is 6. The van der Waals surface area contributed by atoms with Crippen LogP contribution in [0.3, 0.4) is 0 Å². The second-order valence-corrected chi connectivity index (χ2v) is 8.84. The van der Waals surface area contributed by atoms with Gasteiger partial charge in [0, 0.05) is 37.8 Å².